The van der Waals surface area contributed by atoms with E-state index in [2.05, 4.69) is 4.98 Å². The number of carbonyl (C=O) groups is 1. The van der Waals surface area contributed by atoms with Crippen LogP contribution in [-0.4, -0.2) is 16.1 Å². The van der Waals surface area contributed by atoms with Gasteiger partial charge in [0.25, 0.3) is 0 Å². The third-order valence-corrected chi connectivity index (χ3v) is 2.01. The molecule has 3 N–H and O–H groups in total. The van der Waals surface area contributed by atoms with Crippen LogP contribution in [0.1, 0.15) is 24.6 Å². The zero-order chi connectivity index (χ0) is 10.8. The van der Waals surface area contributed by atoms with Gasteiger partial charge in [0.2, 0.25) is 0 Å². The van der Waals surface area contributed by atoms with Gasteiger partial charge in [-0.15, -0.1) is 0 Å². The molecule has 14 heavy (non-hydrogen) atoms. The molecule has 1 aromatic rings. The van der Waals surface area contributed by atoms with E-state index in [1.54, 1.807) is 19.2 Å². The fraction of sp³-hybridized carbons (Fsp3) is 0.400. The summed E-state index contributed by atoms with van der Waals surface area (Å²) in [5.41, 5.74) is 6.57. The van der Waals surface area contributed by atoms with E-state index in [4.69, 9.17) is 10.8 Å². The van der Waals surface area contributed by atoms with Gasteiger partial charge in [0.05, 0.1) is 17.7 Å². The summed E-state index contributed by atoms with van der Waals surface area (Å²) >= 11 is 0. The molecule has 0 aromatic carbocycles. The van der Waals surface area contributed by atoms with Gasteiger partial charge in [-0.2, -0.15) is 0 Å². The molecule has 0 unspecified atom stereocenters. The van der Waals surface area contributed by atoms with E-state index < -0.39 is 11.5 Å². The highest BCUT2D eigenvalue weighted by atomic mass is 16.4. The highest BCUT2D eigenvalue weighted by Crippen LogP contribution is 2.19. The molecule has 1 rings (SSSR count). The molecular weight excluding hydrogens is 180 g/mol. The standard InChI is InChI=1S/C10H14N2O2/c1-7-3-4-8(12-6-7)10(2,11)5-9(13)14/h3-4,6H,5,11H2,1-2H3,(H,13,14)/t10-/m1/s1. The van der Waals surface area contributed by atoms with E-state index in [0.29, 0.717) is 5.69 Å². The van der Waals surface area contributed by atoms with E-state index in [1.165, 1.54) is 0 Å². The number of nitrogens with zero attached hydrogens (tertiary/aromatic N) is 1. The first-order chi connectivity index (χ1) is 6.42. The fourth-order valence-corrected chi connectivity index (χ4v) is 1.21. The van der Waals surface area contributed by atoms with Gasteiger partial charge >= 0.3 is 5.97 Å². The Bertz CT molecular complexity index is 330. The smallest absolute Gasteiger partial charge is 0.305 e. The summed E-state index contributed by atoms with van der Waals surface area (Å²) in [6, 6.07) is 3.63. The average molecular weight is 194 g/mol. The fourth-order valence-electron chi connectivity index (χ4n) is 1.21. The lowest BCUT2D eigenvalue weighted by atomic mass is 9.94. The summed E-state index contributed by atoms with van der Waals surface area (Å²) in [6.07, 6.45) is 1.56. The molecule has 76 valence electrons. The molecule has 0 saturated carbocycles. The first kappa shape index (κ1) is 10.7. The lowest BCUT2D eigenvalue weighted by Crippen LogP contribution is -2.36. The van der Waals surface area contributed by atoms with Crippen molar-refractivity contribution in [2.24, 2.45) is 5.73 Å². The van der Waals surface area contributed by atoms with Crippen molar-refractivity contribution < 1.29 is 9.90 Å². The molecule has 1 heterocycles. The molecule has 0 aliphatic rings. The van der Waals surface area contributed by atoms with Gasteiger partial charge in [0.15, 0.2) is 0 Å². The molecule has 4 nitrogen and oxygen atoms in total. The zero-order valence-electron chi connectivity index (χ0n) is 8.32. The minimum atomic E-state index is -0.919. The number of aromatic nitrogens is 1. The zero-order valence-corrected chi connectivity index (χ0v) is 8.32. The van der Waals surface area contributed by atoms with Crippen molar-refractivity contribution in [1.29, 1.82) is 0 Å². The minimum Gasteiger partial charge on any atom is -0.481 e. The Morgan fingerprint density at radius 3 is 2.71 bits per heavy atom. The van der Waals surface area contributed by atoms with Gasteiger partial charge in [-0.3, -0.25) is 9.78 Å². The normalized spacial score (nSPS) is 14.8. The maximum Gasteiger partial charge on any atom is 0.305 e. The van der Waals surface area contributed by atoms with Crippen molar-refractivity contribution in [1.82, 2.24) is 4.98 Å². The second-order valence-corrected chi connectivity index (χ2v) is 3.71. The number of carboxylic acids is 1. The number of hydrogen-bond donors (Lipinski definition) is 2. The van der Waals surface area contributed by atoms with Crippen LogP contribution >= 0.6 is 0 Å². The summed E-state index contributed by atoms with van der Waals surface area (Å²) in [4.78, 5) is 14.7. The van der Waals surface area contributed by atoms with Gasteiger partial charge in [0, 0.05) is 6.20 Å². The second kappa shape index (κ2) is 3.75. The molecule has 0 aliphatic heterocycles. The molecule has 1 atom stereocenters. The summed E-state index contributed by atoms with van der Waals surface area (Å²) < 4.78 is 0. The predicted octanol–water partition coefficient (Wildman–Crippen LogP) is 1.04. The van der Waals surface area contributed by atoms with Crippen LogP contribution in [0.25, 0.3) is 0 Å². The van der Waals surface area contributed by atoms with E-state index in [1.807, 2.05) is 13.0 Å². The van der Waals surface area contributed by atoms with E-state index in [-0.39, 0.29) is 6.42 Å². The Morgan fingerprint density at radius 2 is 2.29 bits per heavy atom. The van der Waals surface area contributed by atoms with E-state index in [0.717, 1.165) is 5.56 Å². The number of rotatable bonds is 3. The van der Waals surface area contributed by atoms with Gasteiger partial charge < -0.3 is 10.8 Å². The largest absolute Gasteiger partial charge is 0.481 e. The van der Waals surface area contributed by atoms with Crippen molar-refractivity contribution in [3.8, 4) is 0 Å². The van der Waals surface area contributed by atoms with Crippen molar-refractivity contribution in [3.05, 3.63) is 29.6 Å². The Hall–Kier alpha value is -1.42. The van der Waals surface area contributed by atoms with Crippen LogP contribution in [0.4, 0.5) is 0 Å². The summed E-state index contributed by atoms with van der Waals surface area (Å²) in [6.45, 7) is 3.58. The number of pyridine rings is 1. The van der Waals surface area contributed by atoms with Crippen molar-refractivity contribution >= 4 is 5.97 Å². The van der Waals surface area contributed by atoms with Crippen LogP contribution < -0.4 is 5.73 Å². The maximum atomic E-state index is 10.5. The van der Waals surface area contributed by atoms with Crippen LogP contribution in [0.2, 0.25) is 0 Å². The number of nitrogens with two attached hydrogens (primary N) is 1. The predicted molar refractivity (Wildman–Crippen MR) is 52.8 cm³/mol. The number of hydrogen-bond acceptors (Lipinski definition) is 3. The van der Waals surface area contributed by atoms with Crippen molar-refractivity contribution in [2.75, 3.05) is 0 Å². The first-order valence-corrected chi connectivity index (χ1v) is 4.35. The number of aryl methyl sites for hydroxylation is 1. The van der Waals surface area contributed by atoms with Crippen LogP contribution in [0, 0.1) is 6.92 Å². The Balaban J connectivity index is 2.91. The monoisotopic (exact) mass is 194 g/mol. The maximum absolute atomic E-state index is 10.5. The van der Waals surface area contributed by atoms with Gasteiger partial charge in [-0.25, -0.2) is 0 Å². The molecule has 0 spiro atoms. The third-order valence-electron chi connectivity index (χ3n) is 2.01. The Labute approximate surface area is 82.8 Å². The third kappa shape index (κ3) is 2.53. The SMILES string of the molecule is Cc1ccc([C@](C)(N)CC(=O)O)nc1. The van der Waals surface area contributed by atoms with Crippen molar-refractivity contribution in [3.63, 3.8) is 0 Å². The Kier molecular flexibility index (Phi) is 2.86. The highest BCUT2D eigenvalue weighted by Gasteiger charge is 2.25. The quantitative estimate of drug-likeness (QED) is 0.753. The van der Waals surface area contributed by atoms with Crippen LogP contribution in [0.15, 0.2) is 18.3 Å². The molecule has 0 radical (unpaired) electrons. The molecule has 0 saturated heterocycles. The average Bonchev–Trinajstić information content (AvgIpc) is 2.02. The topological polar surface area (TPSA) is 76.2 Å². The van der Waals surface area contributed by atoms with E-state index >= 15 is 0 Å². The van der Waals surface area contributed by atoms with Gasteiger partial charge in [-0.1, -0.05) is 6.07 Å². The highest BCUT2D eigenvalue weighted by molar-refractivity contribution is 5.68. The molecule has 4 heteroatoms. The van der Waals surface area contributed by atoms with Crippen LogP contribution in [0.5, 0.6) is 0 Å². The van der Waals surface area contributed by atoms with Crippen LogP contribution in [-0.2, 0) is 10.3 Å². The van der Waals surface area contributed by atoms with Crippen LogP contribution in [0.3, 0.4) is 0 Å². The minimum absolute atomic E-state index is 0.122. The van der Waals surface area contributed by atoms with Crippen molar-refractivity contribution in [2.45, 2.75) is 25.8 Å². The van der Waals surface area contributed by atoms with Gasteiger partial charge in [0.1, 0.15) is 0 Å². The summed E-state index contributed by atoms with van der Waals surface area (Å²) in [5, 5.41) is 8.66. The first-order valence-electron chi connectivity index (χ1n) is 4.35. The lowest BCUT2D eigenvalue weighted by Gasteiger charge is -2.21. The van der Waals surface area contributed by atoms with E-state index in [9.17, 15) is 4.79 Å². The number of carboxylic acid groups (broad SMARTS) is 1. The molecule has 0 amide bonds. The van der Waals surface area contributed by atoms with Gasteiger partial charge in [-0.05, 0) is 25.5 Å². The molecular formula is C10H14N2O2. The molecule has 1 aromatic heterocycles. The number of aliphatic carboxylic acids is 1. The Morgan fingerprint density at radius 1 is 1.64 bits per heavy atom. The lowest BCUT2D eigenvalue weighted by molar-refractivity contribution is -0.138. The molecule has 0 fully saturated rings. The second-order valence-electron chi connectivity index (χ2n) is 3.71. The summed E-state index contributed by atoms with van der Waals surface area (Å²) in [5.74, 6) is -0.919. The molecule has 0 bridgehead atoms. The molecule has 0 aliphatic carbocycles. The summed E-state index contributed by atoms with van der Waals surface area (Å²) in [7, 11) is 0.